The van der Waals surface area contributed by atoms with Crippen LogP contribution in [0.2, 0.25) is 5.28 Å². The fourth-order valence-corrected chi connectivity index (χ4v) is 2.35. The van der Waals surface area contributed by atoms with E-state index in [1.54, 1.807) is 0 Å². The molecule has 0 unspecified atom stereocenters. The largest absolute Gasteiger partial charge is 0.295 e. The van der Waals surface area contributed by atoms with Gasteiger partial charge in [-0.15, -0.1) is 10.2 Å². The molecular weight excluding hydrogens is 248 g/mol. The van der Waals surface area contributed by atoms with Gasteiger partial charge in [0, 0.05) is 12.1 Å². The summed E-state index contributed by atoms with van der Waals surface area (Å²) in [6.07, 6.45) is 5.18. The summed E-state index contributed by atoms with van der Waals surface area (Å²) in [6.45, 7) is 2.80. The maximum absolute atomic E-state index is 6.12. The molecule has 1 fully saturated rings. The predicted molar refractivity (Wildman–Crippen MR) is 69.7 cm³/mol. The van der Waals surface area contributed by atoms with Crippen LogP contribution in [0.25, 0.3) is 0 Å². The number of hydrogen-bond acceptors (Lipinski definition) is 3. The van der Waals surface area contributed by atoms with Crippen LogP contribution in [0, 0.1) is 0 Å². The molecule has 0 amide bonds. The lowest BCUT2D eigenvalue weighted by atomic mass is 10.1. The highest BCUT2D eigenvalue weighted by molar-refractivity contribution is 6.28. The van der Waals surface area contributed by atoms with Gasteiger partial charge in [0.25, 0.3) is 0 Å². The summed E-state index contributed by atoms with van der Waals surface area (Å²) < 4.78 is 1.99. The number of hydrogen-bond donors (Lipinski definition) is 0. The van der Waals surface area contributed by atoms with Crippen LogP contribution in [0.5, 0.6) is 0 Å². The Morgan fingerprint density at radius 2 is 2.22 bits per heavy atom. The van der Waals surface area contributed by atoms with Crippen LogP contribution in [0.3, 0.4) is 0 Å². The van der Waals surface area contributed by atoms with E-state index in [2.05, 4.69) is 28.2 Å². The van der Waals surface area contributed by atoms with E-state index in [-0.39, 0.29) is 0 Å². The van der Waals surface area contributed by atoms with Gasteiger partial charge in [0.15, 0.2) is 0 Å². The molecule has 1 aliphatic carbocycles. The van der Waals surface area contributed by atoms with Crippen molar-refractivity contribution in [2.24, 2.45) is 0 Å². The summed E-state index contributed by atoms with van der Waals surface area (Å²) in [7, 11) is 0. The summed E-state index contributed by atoms with van der Waals surface area (Å²) in [4.78, 5) is 4.45. The first-order valence-electron chi connectivity index (χ1n) is 6.31. The Morgan fingerprint density at radius 1 is 1.39 bits per heavy atom. The highest BCUT2D eigenvalue weighted by Crippen LogP contribution is 2.39. The molecule has 2 aromatic rings. The van der Waals surface area contributed by atoms with E-state index in [1.807, 2.05) is 16.8 Å². The van der Waals surface area contributed by atoms with Gasteiger partial charge in [-0.05, 0) is 42.5 Å². The van der Waals surface area contributed by atoms with Crippen molar-refractivity contribution in [3.63, 3.8) is 0 Å². The zero-order chi connectivity index (χ0) is 12.5. The first-order chi connectivity index (χ1) is 8.79. The van der Waals surface area contributed by atoms with Crippen LogP contribution in [-0.2, 0) is 13.0 Å². The van der Waals surface area contributed by atoms with Gasteiger partial charge in [0.1, 0.15) is 5.82 Å². The van der Waals surface area contributed by atoms with E-state index in [0.29, 0.717) is 17.7 Å². The SMILES string of the molecule is CCc1cccnc1Cn1c(Cl)nnc1C1CC1. The standard InChI is InChI=1S/C13H15ClN4/c1-2-9-4-3-7-15-11(9)8-18-12(10-5-6-10)16-17-13(18)14/h3-4,7,10H,2,5-6,8H2,1H3. The maximum atomic E-state index is 6.12. The van der Waals surface area contributed by atoms with Gasteiger partial charge in [-0.2, -0.15) is 0 Å². The summed E-state index contributed by atoms with van der Waals surface area (Å²) >= 11 is 6.12. The van der Waals surface area contributed by atoms with Crippen molar-refractivity contribution in [2.75, 3.05) is 0 Å². The molecule has 2 heterocycles. The Hall–Kier alpha value is -1.42. The van der Waals surface area contributed by atoms with Crippen molar-refractivity contribution in [2.45, 2.75) is 38.6 Å². The Labute approximate surface area is 111 Å². The summed E-state index contributed by atoms with van der Waals surface area (Å²) in [5.74, 6) is 1.55. The van der Waals surface area contributed by atoms with Crippen LogP contribution < -0.4 is 0 Å². The Kier molecular flexibility index (Phi) is 3.04. The molecule has 0 saturated heterocycles. The lowest BCUT2D eigenvalue weighted by Crippen LogP contribution is -2.08. The minimum atomic E-state index is 0.463. The van der Waals surface area contributed by atoms with Gasteiger partial charge in [-0.25, -0.2) is 0 Å². The zero-order valence-corrected chi connectivity index (χ0v) is 11.1. The Balaban J connectivity index is 1.94. The first kappa shape index (κ1) is 11.7. The lowest BCUT2D eigenvalue weighted by molar-refractivity contribution is 0.705. The number of halogens is 1. The minimum Gasteiger partial charge on any atom is -0.295 e. The predicted octanol–water partition coefficient (Wildman–Crippen LogP) is 2.81. The summed E-state index contributed by atoms with van der Waals surface area (Å²) in [6, 6.07) is 4.08. The maximum Gasteiger partial charge on any atom is 0.225 e. The quantitative estimate of drug-likeness (QED) is 0.851. The molecule has 1 saturated carbocycles. The molecule has 0 N–H and O–H groups in total. The third-order valence-corrected chi connectivity index (χ3v) is 3.63. The molecule has 0 aromatic carbocycles. The molecule has 0 aliphatic heterocycles. The molecule has 94 valence electrons. The minimum absolute atomic E-state index is 0.463. The van der Waals surface area contributed by atoms with Crippen molar-refractivity contribution in [1.82, 2.24) is 19.7 Å². The van der Waals surface area contributed by atoms with Crippen molar-refractivity contribution < 1.29 is 0 Å². The van der Waals surface area contributed by atoms with E-state index in [4.69, 9.17) is 11.6 Å². The van der Waals surface area contributed by atoms with E-state index in [1.165, 1.54) is 18.4 Å². The highest BCUT2D eigenvalue weighted by atomic mass is 35.5. The average Bonchev–Trinajstić information content (AvgIpc) is 3.17. The van der Waals surface area contributed by atoms with Gasteiger partial charge < -0.3 is 0 Å². The van der Waals surface area contributed by atoms with Crippen molar-refractivity contribution in [3.05, 3.63) is 40.7 Å². The van der Waals surface area contributed by atoms with Crippen LogP contribution in [0.1, 0.15) is 42.8 Å². The summed E-state index contributed by atoms with van der Waals surface area (Å²) in [5.41, 5.74) is 2.31. The van der Waals surface area contributed by atoms with Gasteiger partial charge in [-0.1, -0.05) is 13.0 Å². The fourth-order valence-electron chi connectivity index (χ4n) is 2.17. The number of aryl methyl sites for hydroxylation is 1. The van der Waals surface area contributed by atoms with Gasteiger partial charge in [-0.3, -0.25) is 9.55 Å². The molecule has 2 aromatic heterocycles. The van der Waals surface area contributed by atoms with Crippen molar-refractivity contribution in [3.8, 4) is 0 Å². The molecule has 1 aliphatic rings. The monoisotopic (exact) mass is 262 g/mol. The highest BCUT2D eigenvalue weighted by Gasteiger charge is 2.30. The van der Waals surface area contributed by atoms with Crippen molar-refractivity contribution >= 4 is 11.6 Å². The molecule has 4 nitrogen and oxygen atoms in total. The lowest BCUT2D eigenvalue weighted by Gasteiger charge is -2.09. The van der Waals surface area contributed by atoms with Crippen LogP contribution in [-0.4, -0.2) is 19.7 Å². The molecule has 0 spiro atoms. The van der Waals surface area contributed by atoms with Gasteiger partial charge >= 0.3 is 0 Å². The smallest absolute Gasteiger partial charge is 0.225 e. The third kappa shape index (κ3) is 2.12. The molecule has 0 atom stereocenters. The second kappa shape index (κ2) is 4.69. The molecule has 5 heteroatoms. The topological polar surface area (TPSA) is 43.6 Å². The second-order valence-electron chi connectivity index (χ2n) is 4.65. The molecule has 0 bridgehead atoms. The zero-order valence-electron chi connectivity index (χ0n) is 10.3. The third-order valence-electron chi connectivity index (χ3n) is 3.35. The van der Waals surface area contributed by atoms with Gasteiger partial charge in [0.2, 0.25) is 5.28 Å². The van der Waals surface area contributed by atoms with Crippen molar-refractivity contribution in [1.29, 1.82) is 0 Å². The molecular formula is C13H15ClN4. The molecule has 18 heavy (non-hydrogen) atoms. The first-order valence-corrected chi connectivity index (χ1v) is 6.68. The van der Waals surface area contributed by atoms with E-state index >= 15 is 0 Å². The van der Waals surface area contributed by atoms with Gasteiger partial charge in [0.05, 0.1) is 12.2 Å². The summed E-state index contributed by atoms with van der Waals surface area (Å²) in [5, 5.41) is 8.63. The van der Waals surface area contributed by atoms with E-state index < -0.39 is 0 Å². The number of rotatable bonds is 4. The normalized spacial score (nSPS) is 15.0. The Bertz CT molecular complexity index is 560. The fraction of sp³-hybridized carbons (Fsp3) is 0.462. The van der Waals surface area contributed by atoms with Crippen LogP contribution in [0.15, 0.2) is 18.3 Å². The average molecular weight is 263 g/mol. The number of nitrogens with zero attached hydrogens (tertiary/aromatic N) is 4. The van der Waals surface area contributed by atoms with E-state index in [9.17, 15) is 0 Å². The van der Waals surface area contributed by atoms with Crippen LogP contribution in [0.4, 0.5) is 0 Å². The van der Waals surface area contributed by atoms with Crippen LogP contribution >= 0.6 is 11.6 Å². The molecule has 3 rings (SSSR count). The van der Waals surface area contributed by atoms with E-state index in [0.717, 1.165) is 17.9 Å². The molecule has 0 radical (unpaired) electrons. The Morgan fingerprint density at radius 3 is 2.94 bits per heavy atom. The second-order valence-corrected chi connectivity index (χ2v) is 4.99. The number of pyridine rings is 1. The number of aromatic nitrogens is 4.